The maximum atomic E-state index is 12.2. The van der Waals surface area contributed by atoms with Crippen LogP contribution in [0.1, 0.15) is 11.3 Å². The molecule has 0 bridgehead atoms. The van der Waals surface area contributed by atoms with Gasteiger partial charge >= 0.3 is 0 Å². The number of thioether (sulfide) groups is 1. The Labute approximate surface area is 159 Å². The van der Waals surface area contributed by atoms with E-state index >= 15 is 0 Å². The number of fused-ring (bicyclic) bond motifs is 1. The van der Waals surface area contributed by atoms with E-state index in [2.05, 4.69) is 15.2 Å². The van der Waals surface area contributed by atoms with Crippen LogP contribution in [0.15, 0.2) is 63.1 Å². The van der Waals surface area contributed by atoms with Crippen LogP contribution < -0.4 is 10.3 Å². The van der Waals surface area contributed by atoms with E-state index in [1.807, 2.05) is 43.3 Å². The summed E-state index contributed by atoms with van der Waals surface area (Å²) in [5, 5.41) is 8.54. The molecule has 136 valence electrons. The molecule has 0 atom stereocenters. The normalized spacial score (nSPS) is 11.0. The highest BCUT2D eigenvalue weighted by Crippen LogP contribution is 2.26. The van der Waals surface area contributed by atoms with E-state index in [4.69, 9.17) is 9.15 Å². The molecule has 0 fully saturated rings. The topological polar surface area (TPSA) is 82.5 Å². The molecule has 0 radical (unpaired) electrons. The van der Waals surface area contributed by atoms with E-state index in [0.29, 0.717) is 28.2 Å². The lowest BCUT2D eigenvalue weighted by molar-refractivity contribution is 0.414. The molecule has 27 heavy (non-hydrogen) atoms. The number of rotatable bonds is 5. The van der Waals surface area contributed by atoms with E-state index < -0.39 is 0 Å². The number of hydrogen-bond acceptors (Lipinski definition) is 7. The Balaban J connectivity index is 1.51. The molecule has 8 heteroatoms. The second-order valence-electron chi connectivity index (χ2n) is 5.91. The van der Waals surface area contributed by atoms with Crippen LogP contribution in [0.3, 0.4) is 0 Å². The van der Waals surface area contributed by atoms with Gasteiger partial charge in [0.05, 0.1) is 12.8 Å². The minimum atomic E-state index is -0.111. The highest BCUT2D eigenvalue weighted by Gasteiger charge is 2.11. The van der Waals surface area contributed by atoms with Crippen molar-refractivity contribution in [2.75, 3.05) is 7.11 Å². The molecule has 0 spiro atoms. The summed E-state index contributed by atoms with van der Waals surface area (Å²) < 4.78 is 12.4. The van der Waals surface area contributed by atoms with Gasteiger partial charge in [0.2, 0.25) is 5.89 Å². The summed E-state index contributed by atoms with van der Waals surface area (Å²) in [6, 6.07) is 12.7. The van der Waals surface area contributed by atoms with Crippen molar-refractivity contribution in [1.82, 2.24) is 19.6 Å². The fraction of sp³-hybridized carbons (Fsp3) is 0.158. The van der Waals surface area contributed by atoms with Crippen LogP contribution in [0.2, 0.25) is 0 Å². The Bertz CT molecular complexity index is 1150. The molecule has 0 aliphatic heterocycles. The van der Waals surface area contributed by atoms with Crippen molar-refractivity contribution in [3.63, 3.8) is 0 Å². The lowest BCUT2D eigenvalue weighted by Gasteiger charge is -2.03. The van der Waals surface area contributed by atoms with Crippen LogP contribution >= 0.6 is 11.8 Å². The fourth-order valence-electron chi connectivity index (χ4n) is 2.58. The molecule has 0 unspecified atom stereocenters. The van der Waals surface area contributed by atoms with Gasteiger partial charge in [-0.25, -0.2) is 4.98 Å². The summed E-state index contributed by atoms with van der Waals surface area (Å²) in [5.41, 5.74) is 3.04. The van der Waals surface area contributed by atoms with Gasteiger partial charge in [-0.05, 0) is 48.9 Å². The summed E-state index contributed by atoms with van der Waals surface area (Å²) in [4.78, 5) is 16.8. The zero-order valence-corrected chi connectivity index (χ0v) is 15.6. The van der Waals surface area contributed by atoms with Gasteiger partial charge in [-0.1, -0.05) is 11.8 Å². The smallest absolute Gasteiger partial charge is 0.277 e. The molecule has 3 aromatic heterocycles. The molecule has 0 saturated heterocycles. The van der Waals surface area contributed by atoms with Gasteiger partial charge in [-0.15, -0.1) is 10.2 Å². The largest absolute Gasteiger partial charge is 0.497 e. The summed E-state index contributed by atoms with van der Waals surface area (Å²) in [7, 11) is 1.62. The van der Waals surface area contributed by atoms with Crippen molar-refractivity contribution in [3.05, 3.63) is 70.3 Å². The lowest BCUT2D eigenvalue weighted by atomic mass is 10.2. The molecule has 0 aliphatic rings. The van der Waals surface area contributed by atoms with Crippen LogP contribution in [-0.4, -0.2) is 26.7 Å². The third kappa shape index (κ3) is 3.70. The second-order valence-corrected chi connectivity index (χ2v) is 6.83. The van der Waals surface area contributed by atoms with E-state index in [0.717, 1.165) is 16.9 Å². The average Bonchev–Trinajstić information content (AvgIpc) is 3.15. The van der Waals surface area contributed by atoms with Gasteiger partial charge in [-0.2, -0.15) is 0 Å². The summed E-state index contributed by atoms with van der Waals surface area (Å²) in [6.45, 7) is 1.96. The maximum absolute atomic E-state index is 12.2. The van der Waals surface area contributed by atoms with Gasteiger partial charge in [-0.3, -0.25) is 9.20 Å². The minimum Gasteiger partial charge on any atom is -0.497 e. The third-order valence-electron chi connectivity index (χ3n) is 3.96. The number of aryl methyl sites for hydroxylation is 1. The number of nitrogens with zero attached hydrogens (tertiary/aromatic N) is 4. The van der Waals surface area contributed by atoms with Gasteiger partial charge in [0.25, 0.3) is 10.8 Å². The number of benzene rings is 1. The van der Waals surface area contributed by atoms with E-state index in [1.165, 1.54) is 22.2 Å². The summed E-state index contributed by atoms with van der Waals surface area (Å²) in [6.07, 6.45) is 1.73. The third-order valence-corrected chi connectivity index (χ3v) is 4.81. The van der Waals surface area contributed by atoms with E-state index in [-0.39, 0.29) is 5.56 Å². The Kier molecular flexibility index (Phi) is 4.64. The van der Waals surface area contributed by atoms with Crippen molar-refractivity contribution in [2.45, 2.75) is 17.9 Å². The van der Waals surface area contributed by atoms with Crippen molar-refractivity contribution in [3.8, 4) is 17.2 Å². The van der Waals surface area contributed by atoms with Crippen molar-refractivity contribution >= 4 is 17.4 Å². The van der Waals surface area contributed by atoms with Gasteiger partial charge in [0, 0.05) is 23.6 Å². The zero-order valence-electron chi connectivity index (χ0n) is 14.7. The lowest BCUT2D eigenvalue weighted by Crippen LogP contribution is -2.15. The van der Waals surface area contributed by atoms with Crippen molar-refractivity contribution in [2.24, 2.45) is 0 Å². The molecule has 0 saturated carbocycles. The van der Waals surface area contributed by atoms with Gasteiger partial charge in [0.15, 0.2) is 0 Å². The first-order valence-electron chi connectivity index (χ1n) is 8.22. The van der Waals surface area contributed by atoms with E-state index in [1.54, 1.807) is 13.3 Å². The van der Waals surface area contributed by atoms with Crippen LogP contribution in [-0.2, 0) is 5.75 Å². The minimum absolute atomic E-state index is 0.111. The number of hydrogen-bond donors (Lipinski definition) is 0. The zero-order chi connectivity index (χ0) is 18.8. The number of pyridine rings is 1. The van der Waals surface area contributed by atoms with Crippen LogP contribution in [0.25, 0.3) is 17.1 Å². The predicted molar refractivity (Wildman–Crippen MR) is 102 cm³/mol. The second kappa shape index (κ2) is 7.24. The number of aromatic nitrogens is 4. The molecule has 7 nitrogen and oxygen atoms in total. The Morgan fingerprint density at radius 2 is 1.96 bits per heavy atom. The molecule has 4 rings (SSSR count). The van der Waals surface area contributed by atoms with Crippen LogP contribution in [0, 0.1) is 6.92 Å². The maximum Gasteiger partial charge on any atom is 0.277 e. The number of ether oxygens (including phenoxy) is 1. The Hall–Kier alpha value is -3.13. The number of methoxy groups -OCH3 is 1. The van der Waals surface area contributed by atoms with Crippen molar-refractivity contribution < 1.29 is 9.15 Å². The van der Waals surface area contributed by atoms with Gasteiger partial charge in [0.1, 0.15) is 11.4 Å². The molecule has 0 amide bonds. The van der Waals surface area contributed by atoms with Crippen molar-refractivity contribution in [1.29, 1.82) is 0 Å². The molecular weight excluding hydrogens is 364 g/mol. The van der Waals surface area contributed by atoms with Gasteiger partial charge < -0.3 is 9.15 Å². The highest BCUT2D eigenvalue weighted by molar-refractivity contribution is 7.98. The average molecular weight is 380 g/mol. The highest BCUT2D eigenvalue weighted by atomic mass is 32.2. The molecule has 0 N–H and O–H groups in total. The SMILES string of the molecule is COc1ccc(-c2nnc(SCc3cc(=O)n4ccc(C)cc4n3)o2)cc1. The first-order chi connectivity index (χ1) is 13.1. The monoisotopic (exact) mass is 380 g/mol. The summed E-state index contributed by atoms with van der Waals surface area (Å²) in [5.74, 6) is 1.66. The molecule has 4 aromatic rings. The fourth-order valence-corrected chi connectivity index (χ4v) is 3.24. The molecule has 0 aliphatic carbocycles. The van der Waals surface area contributed by atoms with Crippen LogP contribution in [0.5, 0.6) is 5.75 Å². The van der Waals surface area contributed by atoms with E-state index in [9.17, 15) is 4.79 Å². The summed E-state index contributed by atoms with van der Waals surface area (Å²) >= 11 is 1.34. The van der Waals surface area contributed by atoms with Crippen LogP contribution in [0.4, 0.5) is 0 Å². The Morgan fingerprint density at radius 1 is 1.15 bits per heavy atom. The molecule has 3 heterocycles. The Morgan fingerprint density at radius 3 is 2.74 bits per heavy atom. The first-order valence-corrected chi connectivity index (χ1v) is 9.20. The quantitative estimate of drug-likeness (QED) is 0.491. The molecular formula is C19H16N4O3S. The standard InChI is InChI=1S/C19H16N4O3S/c1-12-7-8-23-16(9-12)20-14(10-17(23)24)11-27-19-22-21-18(26-19)13-3-5-15(25-2)6-4-13/h3-10H,11H2,1-2H3. The first kappa shape index (κ1) is 17.3. The predicted octanol–water partition coefficient (Wildman–Crippen LogP) is 3.35. The molecule has 1 aromatic carbocycles.